The van der Waals surface area contributed by atoms with E-state index in [0.29, 0.717) is 28.3 Å². The Morgan fingerprint density at radius 2 is 2.10 bits per heavy atom. The van der Waals surface area contributed by atoms with Crippen molar-refractivity contribution in [2.75, 3.05) is 26.2 Å². The number of likely N-dealkylation sites (tertiary alicyclic amines) is 1. The van der Waals surface area contributed by atoms with E-state index in [-0.39, 0.29) is 24.2 Å². The minimum absolute atomic E-state index is 0.0578. The number of nitrogens with zero attached hydrogens (tertiary/aromatic N) is 3. The highest BCUT2D eigenvalue weighted by Gasteiger charge is 2.19. The lowest BCUT2D eigenvalue weighted by molar-refractivity contribution is 0.177. The topological polar surface area (TPSA) is 81.3 Å². The summed E-state index contributed by atoms with van der Waals surface area (Å²) >= 11 is 6.04. The molecule has 1 unspecified atom stereocenters. The first-order valence-corrected chi connectivity index (χ1v) is 10.8. The summed E-state index contributed by atoms with van der Waals surface area (Å²) in [6, 6.07) is 4.92. The van der Waals surface area contributed by atoms with Gasteiger partial charge in [0, 0.05) is 24.2 Å². The number of rotatable bonds is 7. The Kier molecular flexibility index (Phi) is 7.50. The van der Waals surface area contributed by atoms with Crippen molar-refractivity contribution in [3.05, 3.63) is 39.4 Å². The average Bonchev–Trinajstić information content (AvgIpc) is 2.68. The Balaban J connectivity index is 1.68. The first-order valence-electron chi connectivity index (χ1n) is 10.4. The molecule has 0 spiro atoms. The number of carbonyl (C=O) groups is 1. The molecule has 2 N–H and O–H groups in total. The monoisotopic (exact) mass is 419 g/mol. The average molecular weight is 420 g/mol. The number of H-pyrrole nitrogens is 1. The summed E-state index contributed by atoms with van der Waals surface area (Å²) in [6.45, 7) is 7.94. The Morgan fingerprint density at radius 1 is 1.34 bits per heavy atom. The zero-order valence-corrected chi connectivity index (χ0v) is 18.0. The van der Waals surface area contributed by atoms with Crippen molar-refractivity contribution in [3.8, 4) is 0 Å². The molecular weight excluding hydrogens is 390 g/mol. The van der Waals surface area contributed by atoms with Gasteiger partial charge >= 0.3 is 6.03 Å². The summed E-state index contributed by atoms with van der Waals surface area (Å²) in [7, 11) is 0. The minimum Gasteiger partial charge on any atom is -0.334 e. The van der Waals surface area contributed by atoms with Crippen LogP contribution in [0.4, 0.5) is 4.79 Å². The van der Waals surface area contributed by atoms with Gasteiger partial charge in [0.05, 0.1) is 17.4 Å². The van der Waals surface area contributed by atoms with Crippen molar-refractivity contribution >= 4 is 28.5 Å². The smallest absolute Gasteiger partial charge is 0.318 e. The molecule has 1 saturated heterocycles. The summed E-state index contributed by atoms with van der Waals surface area (Å²) < 4.78 is 0. The Bertz CT molecular complexity index is 894. The van der Waals surface area contributed by atoms with Crippen molar-refractivity contribution in [3.63, 3.8) is 0 Å². The van der Waals surface area contributed by atoms with Crippen LogP contribution in [0.2, 0.25) is 5.02 Å². The van der Waals surface area contributed by atoms with Gasteiger partial charge in [-0.15, -0.1) is 0 Å². The molecule has 2 aromatic rings. The van der Waals surface area contributed by atoms with Gasteiger partial charge in [0.25, 0.3) is 5.56 Å². The fraction of sp³-hybridized carbons (Fsp3) is 0.571. The van der Waals surface area contributed by atoms with E-state index >= 15 is 0 Å². The van der Waals surface area contributed by atoms with Crippen LogP contribution >= 0.6 is 11.6 Å². The third kappa shape index (κ3) is 5.93. The third-order valence-corrected chi connectivity index (χ3v) is 5.42. The third-order valence-electron chi connectivity index (χ3n) is 5.19. The normalized spacial score (nSPS) is 16.0. The second kappa shape index (κ2) is 10.1. The number of aromatic nitrogens is 2. The standard InChI is InChI=1S/C21H30ClN5O2/c1-3-9-27(21(29)23-15(2)13-26-10-5-4-6-11-26)14-19-24-18-12-16(22)7-8-17(18)20(28)25-19/h7-8,12,15H,3-6,9-11,13-14H2,1-2H3,(H,23,29)(H,24,25,28). The van der Waals surface area contributed by atoms with E-state index in [1.54, 1.807) is 23.1 Å². The molecule has 2 amide bonds. The molecule has 158 valence electrons. The highest BCUT2D eigenvalue weighted by Crippen LogP contribution is 2.15. The van der Waals surface area contributed by atoms with Gasteiger partial charge < -0.3 is 20.1 Å². The van der Waals surface area contributed by atoms with Crippen molar-refractivity contribution in [1.29, 1.82) is 0 Å². The van der Waals surface area contributed by atoms with Crippen LogP contribution in [0, 0.1) is 0 Å². The number of nitrogens with one attached hydrogen (secondary N) is 2. The second-order valence-electron chi connectivity index (χ2n) is 7.81. The summed E-state index contributed by atoms with van der Waals surface area (Å²) in [5.41, 5.74) is 0.309. The van der Waals surface area contributed by atoms with Crippen LogP contribution < -0.4 is 10.9 Å². The highest BCUT2D eigenvalue weighted by atomic mass is 35.5. The molecule has 2 heterocycles. The number of hydrogen-bond acceptors (Lipinski definition) is 4. The fourth-order valence-corrected chi connectivity index (χ4v) is 3.98. The maximum atomic E-state index is 12.8. The van der Waals surface area contributed by atoms with E-state index in [0.717, 1.165) is 26.1 Å². The number of halogens is 1. The van der Waals surface area contributed by atoms with Crippen LogP contribution in [-0.2, 0) is 6.54 Å². The molecule has 29 heavy (non-hydrogen) atoms. The highest BCUT2D eigenvalue weighted by molar-refractivity contribution is 6.31. The second-order valence-corrected chi connectivity index (χ2v) is 8.24. The molecule has 7 nitrogen and oxygen atoms in total. The predicted octanol–water partition coefficient (Wildman–Crippen LogP) is 3.37. The van der Waals surface area contributed by atoms with Crippen molar-refractivity contribution < 1.29 is 4.79 Å². The van der Waals surface area contributed by atoms with Crippen LogP contribution in [0.15, 0.2) is 23.0 Å². The summed E-state index contributed by atoms with van der Waals surface area (Å²) in [5, 5.41) is 4.11. The van der Waals surface area contributed by atoms with Gasteiger partial charge in [0.2, 0.25) is 0 Å². The Morgan fingerprint density at radius 3 is 2.83 bits per heavy atom. The molecule has 1 aromatic carbocycles. The molecule has 0 radical (unpaired) electrons. The quantitative estimate of drug-likeness (QED) is 0.720. The van der Waals surface area contributed by atoms with E-state index in [1.165, 1.54) is 19.3 Å². The number of aromatic amines is 1. The lowest BCUT2D eigenvalue weighted by Crippen LogP contribution is -2.48. The van der Waals surface area contributed by atoms with Gasteiger partial charge in [-0.2, -0.15) is 0 Å². The summed E-state index contributed by atoms with van der Waals surface area (Å²) in [6.07, 6.45) is 4.57. The number of fused-ring (bicyclic) bond motifs is 1. The molecule has 1 aliphatic heterocycles. The first kappa shape index (κ1) is 21.6. The van der Waals surface area contributed by atoms with E-state index < -0.39 is 0 Å². The number of benzene rings is 1. The van der Waals surface area contributed by atoms with Crippen LogP contribution in [0.3, 0.4) is 0 Å². The van der Waals surface area contributed by atoms with E-state index in [4.69, 9.17) is 11.6 Å². The summed E-state index contributed by atoms with van der Waals surface area (Å²) in [5.74, 6) is 0.456. The molecular formula is C21H30ClN5O2. The molecule has 3 rings (SSSR count). The minimum atomic E-state index is -0.225. The number of amides is 2. The molecule has 1 atom stereocenters. The van der Waals surface area contributed by atoms with E-state index in [2.05, 4.69) is 20.2 Å². The molecule has 0 saturated carbocycles. The maximum absolute atomic E-state index is 12.8. The number of hydrogen-bond donors (Lipinski definition) is 2. The molecule has 0 aliphatic carbocycles. The van der Waals surface area contributed by atoms with Crippen LogP contribution in [-0.4, -0.2) is 58.0 Å². The van der Waals surface area contributed by atoms with Crippen LogP contribution in [0.5, 0.6) is 0 Å². The number of urea groups is 1. The van der Waals surface area contributed by atoms with Crippen molar-refractivity contribution in [2.24, 2.45) is 0 Å². The molecule has 1 aliphatic rings. The molecule has 8 heteroatoms. The Labute approximate surface area is 176 Å². The lowest BCUT2D eigenvalue weighted by atomic mass is 10.1. The number of piperidine rings is 1. The van der Waals surface area contributed by atoms with Gasteiger partial charge in [-0.25, -0.2) is 9.78 Å². The van der Waals surface area contributed by atoms with E-state index in [9.17, 15) is 9.59 Å². The lowest BCUT2D eigenvalue weighted by Gasteiger charge is -2.30. The predicted molar refractivity (Wildman–Crippen MR) is 116 cm³/mol. The van der Waals surface area contributed by atoms with Crippen molar-refractivity contribution in [1.82, 2.24) is 25.1 Å². The van der Waals surface area contributed by atoms with Crippen LogP contribution in [0.1, 0.15) is 45.4 Å². The largest absolute Gasteiger partial charge is 0.334 e. The zero-order chi connectivity index (χ0) is 20.8. The molecule has 0 bridgehead atoms. The van der Waals surface area contributed by atoms with Gasteiger partial charge in [-0.3, -0.25) is 4.79 Å². The summed E-state index contributed by atoms with van der Waals surface area (Å²) in [4.78, 5) is 36.6. The first-order chi connectivity index (χ1) is 14.0. The van der Waals surface area contributed by atoms with Gasteiger partial charge in [0.15, 0.2) is 0 Å². The van der Waals surface area contributed by atoms with Crippen LogP contribution in [0.25, 0.3) is 10.9 Å². The maximum Gasteiger partial charge on any atom is 0.318 e. The van der Waals surface area contributed by atoms with E-state index in [1.807, 2.05) is 13.8 Å². The van der Waals surface area contributed by atoms with Gasteiger partial charge in [0.1, 0.15) is 5.82 Å². The molecule has 1 aromatic heterocycles. The fourth-order valence-electron chi connectivity index (χ4n) is 3.82. The Hall–Kier alpha value is -2.12. The zero-order valence-electron chi connectivity index (χ0n) is 17.2. The SMILES string of the molecule is CCCN(Cc1nc2cc(Cl)ccc2c(=O)[nH]1)C(=O)NC(C)CN1CCCCC1. The number of carbonyl (C=O) groups excluding carboxylic acids is 1. The van der Waals surface area contributed by atoms with Crippen molar-refractivity contribution in [2.45, 2.75) is 52.1 Å². The van der Waals surface area contributed by atoms with Gasteiger partial charge in [-0.05, 0) is 57.5 Å². The van der Waals surface area contributed by atoms with Gasteiger partial charge in [-0.1, -0.05) is 24.9 Å². The molecule has 1 fully saturated rings.